The highest BCUT2D eigenvalue weighted by Crippen LogP contribution is 2.04. The summed E-state index contributed by atoms with van der Waals surface area (Å²) in [5.41, 5.74) is 0. The summed E-state index contributed by atoms with van der Waals surface area (Å²) < 4.78 is 0. The van der Waals surface area contributed by atoms with Crippen LogP contribution < -0.4 is 16.0 Å². The third-order valence-electron chi connectivity index (χ3n) is 3.74. The molecule has 6 heteroatoms. The second-order valence-electron chi connectivity index (χ2n) is 5.69. The second-order valence-corrected chi connectivity index (χ2v) is 5.69. The molecule has 0 bridgehead atoms. The lowest BCUT2D eigenvalue weighted by Crippen LogP contribution is -2.60. The molecule has 0 aromatic heterocycles. The molecular formula is C14H28N4O2. The maximum atomic E-state index is 12.0. The average Bonchev–Trinajstić information content (AvgIpc) is 2.39. The van der Waals surface area contributed by atoms with Gasteiger partial charge in [0, 0.05) is 32.2 Å². The fraction of sp³-hybridized carbons (Fsp3) is 0.857. The molecule has 116 valence electrons. The molecule has 0 aromatic carbocycles. The number of nitrogens with zero attached hydrogens (tertiary/aromatic N) is 1. The zero-order chi connectivity index (χ0) is 15.1. The van der Waals surface area contributed by atoms with Crippen molar-refractivity contribution in [1.82, 2.24) is 20.9 Å². The lowest BCUT2D eigenvalue weighted by molar-refractivity contribution is -0.129. The third-order valence-corrected chi connectivity index (χ3v) is 3.74. The molecule has 0 saturated carbocycles. The first-order chi connectivity index (χ1) is 9.45. The highest BCUT2D eigenvalue weighted by Gasteiger charge is 2.29. The minimum Gasteiger partial charge on any atom is -0.355 e. The maximum Gasteiger partial charge on any atom is 0.238 e. The van der Waals surface area contributed by atoms with Crippen molar-refractivity contribution in [2.24, 2.45) is 5.92 Å². The molecule has 3 N–H and O–H groups in total. The third kappa shape index (κ3) is 5.09. The van der Waals surface area contributed by atoms with Crippen molar-refractivity contribution < 1.29 is 9.59 Å². The van der Waals surface area contributed by atoms with E-state index in [1.54, 1.807) is 0 Å². The summed E-state index contributed by atoms with van der Waals surface area (Å²) in [6.45, 7) is 11.1. The van der Waals surface area contributed by atoms with Crippen LogP contribution in [0.3, 0.4) is 0 Å². The van der Waals surface area contributed by atoms with Gasteiger partial charge < -0.3 is 16.0 Å². The topological polar surface area (TPSA) is 73.5 Å². The Kier molecular flexibility index (Phi) is 6.95. The van der Waals surface area contributed by atoms with Crippen LogP contribution in [0.15, 0.2) is 0 Å². The van der Waals surface area contributed by atoms with E-state index < -0.39 is 0 Å². The van der Waals surface area contributed by atoms with Crippen LogP contribution in [0.4, 0.5) is 0 Å². The molecule has 0 spiro atoms. The minimum absolute atomic E-state index is 0.00981. The molecule has 1 fully saturated rings. The number of carbonyl (C=O) groups excluding carboxylic acids is 2. The van der Waals surface area contributed by atoms with E-state index >= 15 is 0 Å². The molecule has 0 aromatic rings. The molecule has 20 heavy (non-hydrogen) atoms. The fourth-order valence-electron chi connectivity index (χ4n) is 2.14. The molecule has 2 unspecified atom stereocenters. The van der Waals surface area contributed by atoms with Gasteiger partial charge in [0.15, 0.2) is 0 Å². The van der Waals surface area contributed by atoms with Gasteiger partial charge in [-0.25, -0.2) is 0 Å². The number of piperazine rings is 1. The largest absolute Gasteiger partial charge is 0.355 e. The Morgan fingerprint density at radius 1 is 1.35 bits per heavy atom. The Morgan fingerprint density at radius 2 is 2.05 bits per heavy atom. The number of rotatable bonds is 6. The van der Waals surface area contributed by atoms with Crippen LogP contribution in [0.2, 0.25) is 0 Å². The minimum atomic E-state index is -0.260. The number of nitrogens with one attached hydrogen (secondary N) is 3. The molecule has 1 aliphatic rings. The quantitative estimate of drug-likeness (QED) is 0.618. The highest BCUT2D eigenvalue weighted by molar-refractivity contribution is 5.84. The van der Waals surface area contributed by atoms with Crippen LogP contribution in [0.1, 0.15) is 27.7 Å². The summed E-state index contributed by atoms with van der Waals surface area (Å²) in [5.74, 6) is 0.382. The van der Waals surface area contributed by atoms with Gasteiger partial charge in [-0.1, -0.05) is 13.8 Å². The van der Waals surface area contributed by atoms with E-state index in [4.69, 9.17) is 0 Å². The molecule has 2 amide bonds. The van der Waals surface area contributed by atoms with E-state index in [1.807, 2.05) is 18.7 Å². The molecular weight excluding hydrogens is 256 g/mol. The molecule has 0 radical (unpaired) electrons. The van der Waals surface area contributed by atoms with Gasteiger partial charge in [0.2, 0.25) is 11.8 Å². The first kappa shape index (κ1) is 16.9. The summed E-state index contributed by atoms with van der Waals surface area (Å²) in [4.78, 5) is 26.0. The number of hydrogen-bond donors (Lipinski definition) is 3. The first-order valence-electron chi connectivity index (χ1n) is 7.47. The smallest absolute Gasteiger partial charge is 0.238 e. The summed E-state index contributed by atoms with van der Waals surface area (Å²) in [6.07, 6.45) is 0. The second kappa shape index (κ2) is 8.21. The summed E-state index contributed by atoms with van der Waals surface area (Å²) in [7, 11) is 0. The molecule has 2 atom stereocenters. The predicted octanol–water partition coefficient (Wildman–Crippen LogP) is -0.443. The summed E-state index contributed by atoms with van der Waals surface area (Å²) in [6, 6.07) is -0.114. The van der Waals surface area contributed by atoms with Crippen molar-refractivity contribution >= 4 is 11.8 Å². The van der Waals surface area contributed by atoms with Crippen LogP contribution in [0.5, 0.6) is 0 Å². The van der Waals surface area contributed by atoms with Crippen LogP contribution in [-0.2, 0) is 9.59 Å². The Hall–Kier alpha value is -1.14. The number of carbonyl (C=O) groups is 2. The van der Waals surface area contributed by atoms with Crippen LogP contribution in [0, 0.1) is 5.92 Å². The van der Waals surface area contributed by atoms with Crippen molar-refractivity contribution in [2.45, 2.75) is 39.8 Å². The number of amides is 2. The van der Waals surface area contributed by atoms with E-state index in [1.165, 1.54) is 0 Å². The van der Waals surface area contributed by atoms with Gasteiger partial charge in [-0.15, -0.1) is 0 Å². The van der Waals surface area contributed by atoms with E-state index in [-0.39, 0.29) is 30.4 Å². The van der Waals surface area contributed by atoms with Gasteiger partial charge in [0.05, 0.1) is 6.54 Å². The zero-order valence-corrected chi connectivity index (χ0v) is 13.0. The lowest BCUT2D eigenvalue weighted by Gasteiger charge is -2.34. The van der Waals surface area contributed by atoms with E-state index in [9.17, 15) is 9.59 Å². The Labute approximate surface area is 121 Å². The van der Waals surface area contributed by atoms with E-state index in [2.05, 4.69) is 29.8 Å². The van der Waals surface area contributed by atoms with Crippen molar-refractivity contribution in [3.05, 3.63) is 0 Å². The zero-order valence-electron chi connectivity index (χ0n) is 13.0. The van der Waals surface area contributed by atoms with Gasteiger partial charge in [-0.3, -0.25) is 14.5 Å². The van der Waals surface area contributed by atoms with Gasteiger partial charge in [0.25, 0.3) is 0 Å². The number of likely N-dealkylation sites (N-methyl/N-ethyl adjacent to an activating group) is 1. The molecule has 1 saturated heterocycles. The predicted molar refractivity (Wildman–Crippen MR) is 79.4 cm³/mol. The van der Waals surface area contributed by atoms with Crippen molar-refractivity contribution in [1.29, 1.82) is 0 Å². The van der Waals surface area contributed by atoms with Crippen LogP contribution >= 0.6 is 0 Å². The molecule has 1 aliphatic heterocycles. The first-order valence-corrected chi connectivity index (χ1v) is 7.47. The van der Waals surface area contributed by atoms with Crippen LogP contribution in [-0.4, -0.2) is 61.5 Å². The van der Waals surface area contributed by atoms with Crippen molar-refractivity contribution in [3.8, 4) is 0 Å². The summed E-state index contributed by atoms with van der Waals surface area (Å²) >= 11 is 0. The highest BCUT2D eigenvalue weighted by atomic mass is 16.2. The van der Waals surface area contributed by atoms with E-state index in [0.717, 1.165) is 6.54 Å². The number of hydrogen-bond acceptors (Lipinski definition) is 4. The normalized spacial score (nSPS) is 21.6. The Bertz CT molecular complexity index is 333. The Balaban J connectivity index is 2.53. The summed E-state index contributed by atoms with van der Waals surface area (Å²) in [5, 5.41) is 9.01. The van der Waals surface area contributed by atoms with Crippen LogP contribution in [0.25, 0.3) is 0 Å². The Morgan fingerprint density at radius 3 is 2.65 bits per heavy atom. The fourth-order valence-corrected chi connectivity index (χ4v) is 2.14. The molecule has 1 heterocycles. The monoisotopic (exact) mass is 284 g/mol. The molecule has 6 nitrogen and oxygen atoms in total. The lowest BCUT2D eigenvalue weighted by atomic mass is 10.1. The van der Waals surface area contributed by atoms with E-state index in [0.29, 0.717) is 25.6 Å². The van der Waals surface area contributed by atoms with Gasteiger partial charge in [-0.05, 0) is 19.8 Å². The van der Waals surface area contributed by atoms with Crippen molar-refractivity contribution in [2.75, 3.05) is 32.7 Å². The molecule has 0 aliphatic carbocycles. The average molecular weight is 284 g/mol. The SMILES string of the molecule is CCNC(=O)C1CNCCN1CC(=O)NC(C)C(C)C. The van der Waals surface area contributed by atoms with Gasteiger partial charge in [-0.2, -0.15) is 0 Å². The van der Waals surface area contributed by atoms with Gasteiger partial charge >= 0.3 is 0 Å². The maximum absolute atomic E-state index is 12.0. The van der Waals surface area contributed by atoms with Crippen molar-refractivity contribution in [3.63, 3.8) is 0 Å². The van der Waals surface area contributed by atoms with Gasteiger partial charge in [0.1, 0.15) is 6.04 Å². The molecule has 1 rings (SSSR count). The standard InChI is InChI=1S/C14H28N4O2/c1-5-16-14(20)12-8-15-6-7-18(12)9-13(19)17-11(4)10(2)3/h10-12,15H,5-9H2,1-4H3,(H,16,20)(H,17,19).